The zero-order chi connectivity index (χ0) is 10.6. The van der Waals surface area contributed by atoms with Crippen molar-refractivity contribution in [2.75, 3.05) is 0 Å². The first-order chi connectivity index (χ1) is 5.42. The lowest BCUT2D eigenvalue weighted by Crippen LogP contribution is -1.82. The SMILES string of the molecule is C=C(Cl)Cl.C=CC(=O)O.C=CCl. The predicted octanol–water partition coefficient (Wildman–Crippen LogP) is 3.56. The van der Waals surface area contributed by atoms with Crippen LogP contribution in [0, 0.1) is 0 Å². The van der Waals surface area contributed by atoms with Gasteiger partial charge in [0, 0.05) is 6.08 Å². The molecule has 0 amide bonds. The van der Waals surface area contributed by atoms with Crippen LogP contribution in [0.1, 0.15) is 0 Å². The largest absolute Gasteiger partial charge is 0.478 e. The molecule has 2 nitrogen and oxygen atoms in total. The van der Waals surface area contributed by atoms with Gasteiger partial charge >= 0.3 is 5.97 Å². The molecule has 0 aromatic rings. The van der Waals surface area contributed by atoms with Gasteiger partial charge in [-0.05, 0) is 5.54 Å². The predicted molar refractivity (Wildman–Crippen MR) is 54.7 cm³/mol. The first kappa shape index (κ1) is 17.6. The van der Waals surface area contributed by atoms with E-state index >= 15 is 0 Å². The number of aliphatic carboxylic acids is 1. The molecule has 0 spiro atoms. The van der Waals surface area contributed by atoms with E-state index in [1.807, 2.05) is 0 Å². The summed E-state index contributed by atoms with van der Waals surface area (Å²) >= 11 is 14.5. The van der Waals surface area contributed by atoms with Crippen molar-refractivity contribution in [2.45, 2.75) is 0 Å². The van der Waals surface area contributed by atoms with Crippen LogP contribution in [-0.4, -0.2) is 11.1 Å². The van der Waals surface area contributed by atoms with E-state index in [1.54, 1.807) is 0 Å². The summed E-state index contributed by atoms with van der Waals surface area (Å²) in [6.45, 7) is 9.17. The molecule has 0 heterocycles. The molecule has 0 aliphatic heterocycles. The molecule has 12 heavy (non-hydrogen) atoms. The van der Waals surface area contributed by atoms with E-state index in [9.17, 15) is 4.79 Å². The van der Waals surface area contributed by atoms with E-state index in [-0.39, 0.29) is 4.49 Å². The normalized spacial score (nSPS) is 5.92. The number of carbonyl (C=O) groups is 1. The van der Waals surface area contributed by atoms with Crippen LogP contribution >= 0.6 is 34.8 Å². The van der Waals surface area contributed by atoms with Gasteiger partial charge in [0.15, 0.2) is 0 Å². The molecular formula is C7H9Cl3O2. The third-order valence-electron chi connectivity index (χ3n) is 0.175. The average molecular weight is 232 g/mol. The highest BCUT2D eigenvalue weighted by molar-refractivity contribution is 6.55. The fraction of sp³-hybridized carbons (Fsp3) is 0. The molecule has 0 aromatic heterocycles. The molecule has 0 unspecified atom stereocenters. The Bertz CT molecular complexity index is 151. The topological polar surface area (TPSA) is 37.3 Å². The van der Waals surface area contributed by atoms with Gasteiger partial charge in [0.1, 0.15) is 0 Å². The maximum Gasteiger partial charge on any atom is 0.327 e. The minimum atomic E-state index is -0.981. The minimum Gasteiger partial charge on any atom is -0.478 e. The summed E-state index contributed by atoms with van der Waals surface area (Å²) in [5, 5.41) is 7.60. The van der Waals surface area contributed by atoms with Gasteiger partial charge in [-0.1, -0.05) is 54.5 Å². The maximum atomic E-state index is 9.25. The van der Waals surface area contributed by atoms with Crippen LogP contribution in [0.5, 0.6) is 0 Å². The molecule has 0 aliphatic rings. The third-order valence-corrected chi connectivity index (χ3v) is 0.175. The molecule has 5 heteroatoms. The van der Waals surface area contributed by atoms with Gasteiger partial charge in [0.05, 0.1) is 4.49 Å². The van der Waals surface area contributed by atoms with Gasteiger partial charge in [-0.25, -0.2) is 4.79 Å². The van der Waals surface area contributed by atoms with Crippen molar-refractivity contribution >= 4 is 40.8 Å². The summed E-state index contributed by atoms with van der Waals surface area (Å²) in [7, 11) is 0. The lowest BCUT2D eigenvalue weighted by atomic mass is 10.7. The summed E-state index contributed by atoms with van der Waals surface area (Å²) in [6.07, 6.45) is 0.833. The number of hydrogen-bond donors (Lipinski definition) is 1. The molecule has 0 aliphatic carbocycles. The first-order valence-electron chi connectivity index (χ1n) is 2.48. The van der Waals surface area contributed by atoms with Crippen molar-refractivity contribution < 1.29 is 9.90 Å². The molecule has 0 fully saturated rings. The smallest absolute Gasteiger partial charge is 0.327 e. The molecule has 0 atom stereocenters. The van der Waals surface area contributed by atoms with Crippen molar-refractivity contribution in [1.29, 1.82) is 0 Å². The number of carboxylic acids is 1. The third kappa shape index (κ3) is 288. The van der Waals surface area contributed by atoms with E-state index in [1.165, 1.54) is 5.54 Å². The summed E-state index contributed by atoms with van der Waals surface area (Å²) < 4.78 is 0.111. The highest BCUT2D eigenvalue weighted by Crippen LogP contribution is 1.98. The zero-order valence-corrected chi connectivity index (χ0v) is 8.53. The Hall–Kier alpha value is -0.440. The number of halogens is 3. The van der Waals surface area contributed by atoms with Crippen molar-refractivity contribution in [1.82, 2.24) is 0 Å². The maximum absolute atomic E-state index is 9.25. The molecule has 0 rings (SSSR count). The Morgan fingerprint density at radius 1 is 1.33 bits per heavy atom. The Balaban J connectivity index is -0.000000105. The van der Waals surface area contributed by atoms with Crippen LogP contribution in [0.3, 0.4) is 0 Å². The Kier molecular flexibility index (Phi) is 24.8. The van der Waals surface area contributed by atoms with Crippen LogP contribution in [0.4, 0.5) is 0 Å². The van der Waals surface area contributed by atoms with E-state index < -0.39 is 5.97 Å². The average Bonchev–Trinajstić information content (AvgIpc) is 1.88. The van der Waals surface area contributed by atoms with Crippen LogP contribution in [0.2, 0.25) is 0 Å². The van der Waals surface area contributed by atoms with Crippen molar-refractivity contribution in [3.8, 4) is 0 Å². The van der Waals surface area contributed by atoms with Crippen LogP contribution < -0.4 is 0 Å². The van der Waals surface area contributed by atoms with E-state index in [2.05, 4.69) is 19.7 Å². The molecule has 0 radical (unpaired) electrons. The molecule has 0 bridgehead atoms. The summed E-state index contributed by atoms with van der Waals surface area (Å²) in [5.41, 5.74) is 1.22. The van der Waals surface area contributed by atoms with Gasteiger partial charge in [-0.3, -0.25) is 0 Å². The summed E-state index contributed by atoms with van der Waals surface area (Å²) in [6, 6.07) is 0. The van der Waals surface area contributed by atoms with Gasteiger partial charge in [-0.15, -0.1) is 0 Å². The molecule has 0 aromatic carbocycles. The second-order valence-electron chi connectivity index (χ2n) is 1.04. The van der Waals surface area contributed by atoms with Crippen LogP contribution in [0.25, 0.3) is 0 Å². The lowest BCUT2D eigenvalue weighted by Gasteiger charge is -1.64. The van der Waals surface area contributed by atoms with Gasteiger partial charge in [0.2, 0.25) is 0 Å². The zero-order valence-electron chi connectivity index (χ0n) is 6.27. The van der Waals surface area contributed by atoms with E-state index in [4.69, 9.17) is 39.9 Å². The van der Waals surface area contributed by atoms with Crippen molar-refractivity contribution in [3.05, 3.63) is 35.8 Å². The Morgan fingerprint density at radius 3 is 1.42 bits per heavy atom. The Labute approximate surface area is 86.7 Å². The molecule has 0 saturated carbocycles. The Morgan fingerprint density at radius 2 is 1.42 bits per heavy atom. The second kappa shape index (κ2) is 16.9. The molecular weight excluding hydrogens is 222 g/mol. The van der Waals surface area contributed by atoms with Crippen LogP contribution in [0.15, 0.2) is 35.8 Å². The molecule has 1 N–H and O–H groups in total. The summed E-state index contributed by atoms with van der Waals surface area (Å²) in [5.74, 6) is -0.981. The van der Waals surface area contributed by atoms with Crippen molar-refractivity contribution in [2.24, 2.45) is 0 Å². The minimum absolute atomic E-state index is 0.111. The number of rotatable bonds is 1. The van der Waals surface area contributed by atoms with E-state index in [0.717, 1.165) is 6.08 Å². The highest BCUT2D eigenvalue weighted by atomic mass is 35.5. The number of carboxylic acid groups (broad SMARTS) is 1. The lowest BCUT2D eigenvalue weighted by molar-refractivity contribution is -0.131. The van der Waals surface area contributed by atoms with Crippen LogP contribution in [-0.2, 0) is 4.79 Å². The standard InChI is InChI=1S/C3H4O2.C2H2Cl2.C2H3Cl/c1-2-3(4)5;1-2(3)4;1-2-3/h2H,1H2,(H,4,5);1H2;2H,1H2. The second-order valence-corrected chi connectivity index (χ2v) is 2.45. The van der Waals surface area contributed by atoms with Crippen molar-refractivity contribution in [3.63, 3.8) is 0 Å². The first-order valence-corrected chi connectivity index (χ1v) is 3.68. The fourth-order valence-corrected chi connectivity index (χ4v) is 0. The highest BCUT2D eigenvalue weighted by Gasteiger charge is 1.73. The van der Waals surface area contributed by atoms with E-state index in [0.29, 0.717) is 0 Å². The summed E-state index contributed by atoms with van der Waals surface area (Å²) in [4.78, 5) is 9.25. The molecule has 0 saturated heterocycles. The van der Waals surface area contributed by atoms with Gasteiger partial charge in [0.25, 0.3) is 0 Å². The number of hydrogen-bond acceptors (Lipinski definition) is 1. The van der Waals surface area contributed by atoms with Gasteiger partial charge < -0.3 is 5.11 Å². The van der Waals surface area contributed by atoms with Gasteiger partial charge in [-0.2, -0.15) is 0 Å². The quantitative estimate of drug-likeness (QED) is 0.701. The molecule has 70 valence electrons. The fourth-order valence-electron chi connectivity index (χ4n) is 0. The monoisotopic (exact) mass is 230 g/mol.